The number of carbonyl (C=O) groups is 1. The number of aryl methyl sites for hydroxylation is 1. The quantitative estimate of drug-likeness (QED) is 0.633. The van der Waals surface area contributed by atoms with Crippen LogP contribution in [0.25, 0.3) is 5.69 Å². The molecular formula is C23H23FN4O4. The number of rotatable bonds is 6. The number of ether oxygens (including phenoxy) is 1. The minimum atomic E-state index is -0.793. The highest BCUT2D eigenvalue weighted by atomic mass is 19.1. The van der Waals surface area contributed by atoms with Crippen LogP contribution in [0.3, 0.4) is 0 Å². The van der Waals surface area contributed by atoms with E-state index in [9.17, 15) is 18.8 Å². The van der Waals surface area contributed by atoms with Gasteiger partial charge in [0.05, 0.1) is 18.3 Å². The highest BCUT2D eigenvalue weighted by Gasteiger charge is 2.22. The van der Waals surface area contributed by atoms with Crippen molar-refractivity contribution in [3.63, 3.8) is 0 Å². The average molecular weight is 438 g/mol. The third-order valence-electron chi connectivity index (χ3n) is 5.32. The van der Waals surface area contributed by atoms with Gasteiger partial charge in [0.2, 0.25) is 5.69 Å². The van der Waals surface area contributed by atoms with Crippen molar-refractivity contribution in [3.8, 4) is 5.69 Å². The standard InChI is InChI=1S/C23H23FN4O4/c1-15-4-6-16(7-5-15)14-27-22(30)20(21(29)25-13-19-3-2-12-32-19)26-28(23(27)31)18-10-8-17(24)9-11-18/h4-11,19H,2-3,12-14H2,1H3,(H,25,29)/t19-/m0/s1. The number of amides is 1. The van der Waals surface area contributed by atoms with E-state index in [0.717, 1.165) is 33.2 Å². The Morgan fingerprint density at radius 2 is 1.88 bits per heavy atom. The van der Waals surface area contributed by atoms with Crippen LogP contribution >= 0.6 is 0 Å². The van der Waals surface area contributed by atoms with Gasteiger partial charge in [-0.2, -0.15) is 9.78 Å². The minimum absolute atomic E-state index is 0.0341. The van der Waals surface area contributed by atoms with Gasteiger partial charge in [0.1, 0.15) is 5.82 Å². The van der Waals surface area contributed by atoms with Gasteiger partial charge in [-0.1, -0.05) is 29.8 Å². The topological polar surface area (TPSA) is 95.2 Å². The van der Waals surface area contributed by atoms with E-state index in [0.29, 0.717) is 6.61 Å². The smallest absolute Gasteiger partial charge is 0.352 e. The summed E-state index contributed by atoms with van der Waals surface area (Å²) in [4.78, 5) is 39.0. The second-order valence-electron chi connectivity index (χ2n) is 7.74. The molecule has 4 rings (SSSR count). The van der Waals surface area contributed by atoms with E-state index in [1.807, 2.05) is 19.1 Å². The Labute approximate surface area is 183 Å². The Morgan fingerprint density at radius 1 is 1.16 bits per heavy atom. The van der Waals surface area contributed by atoms with Crippen LogP contribution in [0.5, 0.6) is 0 Å². The lowest BCUT2D eigenvalue weighted by Gasteiger charge is -2.14. The summed E-state index contributed by atoms with van der Waals surface area (Å²) in [6.07, 6.45) is 1.62. The molecule has 3 aromatic rings. The van der Waals surface area contributed by atoms with Gasteiger partial charge in [-0.25, -0.2) is 9.18 Å². The Bertz CT molecular complexity index is 1230. The molecule has 0 saturated carbocycles. The number of halogens is 1. The van der Waals surface area contributed by atoms with E-state index in [4.69, 9.17) is 4.74 Å². The lowest BCUT2D eigenvalue weighted by atomic mass is 10.1. The molecule has 1 saturated heterocycles. The van der Waals surface area contributed by atoms with Gasteiger partial charge in [-0.3, -0.25) is 14.2 Å². The van der Waals surface area contributed by atoms with E-state index in [1.165, 1.54) is 24.3 Å². The molecule has 0 spiro atoms. The van der Waals surface area contributed by atoms with Gasteiger partial charge < -0.3 is 10.1 Å². The van der Waals surface area contributed by atoms with Gasteiger partial charge in [0.15, 0.2) is 0 Å². The van der Waals surface area contributed by atoms with Crippen LogP contribution in [0.2, 0.25) is 0 Å². The van der Waals surface area contributed by atoms with Crippen molar-refractivity contribution in [1.82, 2.24) is 19.7 Å². The number of aromatic nitrogens is 3. The van der Waals surface area contributed by atoms with Crippen LogP contribution in [0.1, 0.15) is 34.5 Å². The fourth-order valence-corrected chi connectivity index (χ4v) is 3.52. The Balaban J connectivity index is 1.75. The van der Waals surface area contributed by atoms with Gasteiger partial charge >= 0.3 is 5.69 Å². The van der Waals surface area contributed by atoms with Crippen molar-refractivity contribution in [2.24, 2.45) is 0 Å². The van der Waals surface area contributed by atoms with E-state index in [2.05, 4.69) is 10.4 Å². The van der Waals surface area contributed by atoms with Crippen LogP contribution in [0.15, 0.2) is 58.1 Å². The first-order valence-electron chi connectivity index (χ1n) is 10.4. The molecule has 9 heteroatoms. The van der Waals surface area contributed by atoms with Crippen molar-refractivity contribution in [2.75, 3.05) is 13.2 Å². The summed E-state index contributed by atoms with van der Waals surface area (Å²) in [6.45, 7) is 2.78. The molecule has 1 atom stereocenters. The first kappa shape index (κ1) is 21.6. The van der Waals surface area contributed by atoms with Crippen LogP contribution in [0, 0.1) is 12.7 Å². The molecule has 1 fully saturated rings. The molecule has 1 aliphatic rings. The van der Waals surface area contributed by atoms with E-state index >= 15 is 0 Å². The van der Waals surface area contributed by atoms with E-state index < -0.39 is 28.7 Å². The largest absolute Gasteiger partial charge is 0.376 e. The third-order valence-corrected chi connectivity index (χ3v) is 5.32. The van der Waals surface area contributed by atoms with Crippen LogP contribution in [0.4, 0.5) is 4.39 Å². The highest BCUT2D eigenvalue weighted by Crippen LogP contribution is 2.11. The first-order chi connectivity index (χ1) is 15.4. The molecule has 0 bridgehead atoms. The van der Waals surface area contributed by atoms with E-state index in [-0.39, 0.29) is 24.9 Å². The van der Waals surface area contributed by atoms with Crippen molar-refractivity contribution < 1.29 is 13.9 Å². The lowest BCUT2D eigenvalue weighted by molar-refractivity contribution is 0.0849. The van der Waals surface area contributed by atoms with Crippen LogP contribution < -0.4 is 16.6 Å². The zero-order valence-electron chi connectivity index (χ0n) is 17.6. The second kappa shape index (κ2) is 9.27. The predicted octanol–water partition coefficient (Wildman–Crippen LogP) is 1.80. The van der Waals surface area contributed by atoms with Crippen LogP contribution in [-0.2, 0) is 11.3 Å². The fourth-order valence-electron chi connectivity index (χ4n) is 3.52. The number of carbonyl (C=O) groups excluding carboxylic acids is 1. The number of nitrogens with zero attached hydrogens (tertiary/aromatic N) is 3. The maximum Gasteiger partial charge on any atom is 0.352 e. The maximum atomic E-state index is 13.4. The molecule has 166 valence electrons. The Morgan fingerprint density at radius 3 is 2.53 bits per heavy atom. The molecule has 0 unspecified atom stereocenters. The van der Waals surface area contributed by atoms with Gasteiger partial charge in [0.25, 0.3) is 11.5 Å². The first-order valence-corrected chi connectivity index (χ1v) is 10.4. The zero-order chi connectivity index (χ0) is 22.7. The number of nitrogens with one attached hydrogen (secondary N) is 1. The zero-order valence-corrected chi connectivity index (χ0v) is 17.6. The molecule has 1 amide bonds. The lowest BCUT2D eigenvalue weighted by Crippen LogP contribution is -2.46. The monoisotopic (exact) mass is 438 g/mol. The summed E-state index contributed by atoms with van der Waals surface area (Å²) in [6, 6.07) is 12.4. The molecule has 2 aromatic carbocycles. The summed E-state index contributed by atoms with van der Waals surface area (Å²) >= 11 is 0. The molecule has 1 aromatic heterocycles. The number of hydrogen-bond acceptors (Lipinski definition) is 5. The SMILES string of the molecule is Cc1ccc(Cn2c(=O)c(C(=O)NC[C@@H]3CCCO3)nn(-c3ccc(F)cc3)c2=O)cc1. The van der Waals surface area contributed by atoms with Crippen molar-refractivity contribution >= 4 is 5.91 Å². The number of hydrogen-bond donors (Lipinski definition) is 1. The van der Waals surface area contributed by atoms with Gasteiger partial charge in [0, 0.05) is 13.2 Å². The summed E-state index contributed by atoms with van der Waals surface area (Å²) in [5.74, 6) is -1.18. The normalized spacial score (nSPS) is 15.6. The minimum Gasteiger partial charge on any atom is -0.376 e. The molecule has 0 aliphatic carbocycles. The number of benzene rings is 2. The summed E-state index contributed by atoms with van der Waals surface area (Å²) in [5.41, 5.74) is 0.0593. The van der Waals surface area contributed by atoms with Crippen LogP contribution in [-0.4, -0.2) is 39.5 Å². The summed E-state index contributed by atoms with van der Waals surface area (Å²) < 4.78 is 20.8. The van der Waals surface area contributed by atoms with Crippen molar-refractivity contribution in [3.05, 3.63) is 92.0 Å². The second-order valence-corrected chi connectivity index (χ2v) is 7.74. The van der Waals surface area contributed by atoms with Gasteiger partial charge in [-0.15, -0.1) is 0 Å². The average Bonchev–Trinajstić information content (AvgIpc) is 3.31. The maximum absolute atomic E-state index is 13.4. The van der Waals surface area contributed by atoms with Crippen molar-refractivity contribution in [1.29, 1.82) is 0 Å². The molecule has 32 heavy (non-hydrogen) atoms. The molecule has 1 N–H and O–H groups in total. The highest BCUT2D eigenvalue weighted by molar-refractivity contribution is 5.91. The summed E-state index contributed by atoms with van der Waals surface area (Å²) in [7, 11) is 0. The molecule has 1 aliphatic heterocycles. The molecular weight excluding hydrogens is 415 g/mol. The van der Waals surface area contributed by atoms with Crippen molar-refractivity contribution in [2.45, 2.75) is 32.4 Å². The van der Waals surface area contributed by atoms with E-state index in [1.54, 1.807) is 12.1 Å². The fraction of sp³-hybridized carbons (Fsp3) is 0.304. The summed E-state index contributed by atoms with van der Waals surface area (Å²) in [5, 5.41) is 6.70. The Hall–Kier alpha value is -3.59. The molecule has 8 nitrogen and oxygen atoms in total. The third kappa shape index (κ3) is 4.67. The van der Waals surface area contributed by atoms with Gasteiger partial charge in [-0.05, 0) is 49.6 Å². The molecule has 0 radical (unpaired) electrons. The Kier molecular flexibility index (Phi) is 6.27. The molecule has 2 heterocycles. The predicted molar refractivity (Wildman–Crippen MR) is 116 cm³/mol.